The van der Waals surface area contributed by atoms with Crippen LogP contribution in [0.25, 0.3) is 21.5 Å². The predicted molar refractivity (Wildman–Crippen MR) is 114 cm³/mol. The second kappa shape index (κ2) is 7.62. The zero-order valence-corrected chi connectivity index (χ0v) is 17.1. The molecule has 0 radical (unpaired) electrons. The van der Waals surface area contributed by atoms with Gasteiger partial charge < -0.3 is 10.1 Å². The van der Waals surface area contributed by atoms with Gasteiger partial charge in [0.1, 0.15) is 11.6 Å². The SMILES string of the molecule is COCc1c(C(=O)Nc2cccc(-c3n[nH]c(C4CC4)n3)c2)sc2cccc(F)c12. The Balaban J connectivity index is 1.44. The standard InChI is InChI=1S/C22H19FN4O2S/c1-29-11-15-18-16(23)6-3-7-17(18)30-19(15)22(28)24-14-5-2-4-13(10-14)21-25-20(26-27-21)12-8-9-12/h2-7,10,12H,8-9,11H2,1H3,(H,24,28)(H,25,26,27). The molecule has 1 fully saturated rings. The number of hydrogen-bond donors (Lipinski definition) is 2. The summed E-state index contributed by atoms with van der Waals surface area (Å²) in [6.07, 6.45) is 2.29. The fourth-order valence-corrected chi connectivity index (χ4v) is 4.62. The lowest BCUT2D eigenvalue weighted by Gasteiger charge is -2.07. The number of aromatic nitrogens is 3. The summed E-state index contributed by atoms with van der Waals surface area (Å²) >= 11 is 1.26. The highest BCUT2D eigenvalue weighted by Crippen LogP contribution is 2.38. The van der Waals surface area contributed by atoms with Crippen LogP contribution in [0.5, 0.6) is 0 Å². The van der Waals surface area contributed by atoms with Crippen LogP contribution in [-0.2, 0) is 11.3 Å². The van der Waals surface area contributed by atoms with E-state index >= 15 is 0 Å². The summed E-state index contributed by atoms with van der Waals surface area (Å²) in [7, 11) is 1.53. The number of aromatic amines is 1. The van der Waals surface area contributed by atoms with E-state index in [1.165, 1.54) is 24.5 Å². The molecule has 6 nitrogen and oxygen atoms in total. The van der Waals surface area contributed by atoms with Crippen molar-refractivity contribution in [3.05, 3.63) is 64.5 Å². The fourth-order valence-electron chi connectivity index (χ4n) is 3.50. The topological polar surface area (TPSA) is 79.9 Å². The minimum absolute atomic E-state index is 0.158. The van der Waals surface area contributed by atoms with Crippen LogP contribution in [0.2, 0.25) is 0 Å². The molecule has 1 aliphatic carbocycles. The van der Waals surface area contributed by atoms with Crippen molar-refractivity contribution in [2.75, 3.05) is 12.4 Å². The third-order valence-corrected chi connectivity index (χ3v) is 6.30. The van der Waals surface area contributed by atoms with Crippen LogP contribution < -0.4 is 5.32 Å². The number of carbonyl (C=O) groups excluding carboxylic acids is 1. The number of fused-ring (bicyclic) bond motifs is 1. The summed E-state index contributed by atoms with van der Waals surface area (Å²) in [5, 5.41) is 10.7. The minimum Gasteiger partial charge on any atom is -0.380 e. The van der Waals surface area contributed by atoms with E-state index in [4.69, 9.17) is 4.74 Å². The van der Waals surface area contributed by atoms with Gasteiger partial charge in [-0.25, -0.2) is 9.37 Å². The summed E-state index contributed by atoms with van der Waals surface area (Å²) in [5.41, 5.74) is 2.00. The molecule has 30 heavy (non-hydrogen) atoms. The Morgan fingerprint density at radius 1 is 1.30 bits per heavy atom. The lowest BCUT2D eigenvalue weighted by molar-refractivity contribution is 0.102. The zero-order chi connectivity index (χ0) is 20.7. The van der Waals surface area contributed by atoms with Crippen molar-refractivity contribution >= 4 is 33.0 Å². The van der Waals surface area contributed by atoms with Crippen molar-refractivity contribution in [1.29, 1.82) is 0 Å². The average molecular weight is 422 g/mol. The van der Waals surface area contributed by atoms with Crippen LogP contribution in [0.4, 0.5) is 10.1 Å². The van der Waals surface area contributed by atoms with Gasteiger partial charge in [-0.2, -0.15) is 5.10 Å². The van der Waals surface area contributed by atoms with E-state index in [1.54, 1.807) is 18.2 Å². The lowest BCUT2D eigenvalue weighted by atomic mass is 10.1. The molecule has 0 spiro atoms. The van der Waals surface area contributed by atoms with Gasteiger partial charge in [-0.1, -0.05) is 18.2 Å². The summed E-state index contributed by atoms with van der Waals surface area (Å²) in [6, 6.07) is 12.2. The number of nitrogens with zero attached hydrogens (tertiary/aromatic N) is 2. The molecular weight excluding hydrogens is 403 g/mol. The molecule has 0 bridgehead atoms. The first kappa shape index (κ1) is 18.9. The van der Waals surface area contributed by atoms with Crippen molar-refractivity contribution in [1.82, 2.24) is 15.2 Å². The Labute approximate surface area is 176 Å². The zero-order valence-electron chi connectivity index (χ0n) is 16.2. The molecule has 1 aliphatic rings. The van der Waals surface area contributed by atoms with Gasteiger partial charge >= 0.3 is 0 Å². The van der Waals surface area contributed by atoms with Crippen LogP contribution in [0.1, 0.15) is 39.8 Å². The molecule has 0 aliphatic heterocycles. The summed E-state index contributed by atoms with van der Waals surface area (Å²) in [4.78, 5) is 18.0. The van der Waals surface area contributed by atoms with E-state index in [1.807, 2.05) is 18.2 Å². The third kappa shape index (κ3) is 3.48. The van der Waals surface area contributed by atoms with E-state index < -0.39 is 0 Å². The highest BCUT2D eigenvalue weighted by Gasteiger charge is 2.27. The second-order valence-corrected chi connectivity index (χ2v) is 8.36. The molecule has 2 N–H and O–H groups in total. The average Bonchev–Trinajstić information content (AvgIpc) is 3.34. The summed E-state index contributed by atoms with van der Waals surface area (Å²) in [5.74, 6) is 1.36. The van der Waals surface area contributed by atoms with Gasteiger partial charge in [-0.3, -0.25) is 9.89 Å². The van der Waals surface area contributed by atoms with Gasteiger partial charge in [0.05, 0.1) is 11.5 Å². The Kier molecular flexibility index (Phi) is 4.80. The summed E-state index contributed by atoms with van der Waals surface area (Å²) in [6.45, 7) is 0.158. The molecule has 1 amide bonds. The molecule has 0 saturated heterocycles. The molecule has 1 saturated carbocycles. The molecule has 4 aromatic rings. The van der Waals surface area contributed by atoms with E-state index in [0.29, 0.717) is 38.0 Å². The molecule has 0 atom stereocenters. The Morgan fingerprint density at radius 2 is 2.13 bits per heavy atom. The number of hydrogen-bond acceptors (Lipinski definition) is 5. The molecule has 5 rings (SSSR count). The van der Waals surface area contributed by atoms with Crippen molar-refractivity contribution in [2.24, 2.45) is 0 Å². The molecular formula is C22H19FN4O2S. The number of nitrogens with one attached hydrogen (secondary N) is 2. The predicted octanol–water partition coefficient (Wildman–Crippen LogP) is 5.10. The minimum atomic E-state index is -0.354. The third-order valence-electron chi connectivity index (χ3n) is 5.10. The van der Waals surface area contributed by atoms with Crippen molar-refractivity contribution in [2.45, 2.75) is 25.4 Å². The highest BCUT2D eigenvalue weighted by atomic mass is 32.1. The van der Waals surface area contributed by atoms with Gasteiger partial charge in [0, 0.05) is 39.9 Å². The van der Waals surface area contributed by atoms with E-state index in [0.717, 1.165) is 24.2 Å². The van der Waals surface area contributed by atoms with E-state index in [9.17, 15) is 9.18 Å². The number of benzene rings is 2. The van der Waals surface area contributed by atoms with Gasteiger partial charge in [-0.15, -0.1) is 11.3 Å². The van der Waals surface area contributed by atoms with Gasteiger partial charge in [-0.05, 0) is 37.1 Å². The number of thiophene rings is 1. The van der Waals surface area contributed by atoms with Crippen molar-refractivity contribution in [3.63, 3.8) is 0 Å². The molecule has 8 heteroatoms. The van der Waals surface area contributed by atoms with Crippen molar-refractivity contribution in [3.8, 4) is 11.4 Å². The lowest BCUT2D eigenvalue weighted by Crippen LogP contribution is -2.12. The first-order valence-electron chi connectivity index (χ1n) is 9.67. The number of carbonyl (C=O) groups is 1. The monoisotopic (exact) mass is 422 g/mol. The largest absolute Gasteiger partial charge is 0.380 e. The van der Waals surface area contributed by atoms with Crippen LogP contribution in [0.15, 0.2) is 42.5 Å². The second-order valence-electron chi connectivity index (χ2n) is 7.31. The summed E-state index contributed by atoms with van der Waals surface area (Å²) < 4.78 is 20.3. The van der Waals surface area contributed by atoms with E-state index in [2.05, 4.69) is 20.5 Å². The highest BCUT2D eigenvalue weighted by molar-refractivity contribution is 7.21. The first-order chi connectivity index (χ1) is 14.6. The van der Waals surface area contributed by atoms with Crippen LogP contribution in [0, 0.1) is 5.82 Å². The van der Waals surface area contributed by atoms with Gasteiger partial charge in [0.15, 0.2) is 5.82 Å². The maximum absolute atomic E-state index is 14.4. The number of rotatable bonds is 6. The van der Waals surface area contributed by atoms with Crippen LogP contribution >= 0.6 is 11.3 Å². The number of ether oxygens (including phenoxy) is 1. The number of anilines is 1. The van der Waals surface area contributed by atoms with E-state index in [-0.39, 0.29) is 18.3 Å². The fraction of sp³-hybridized carbons (Fsp3) is 0.227. The smallest absolute Gasteiger partial charge is 0.266 e. The number of amides is 1. The first-order valence-corrected chi connectivity index (χ1v) is 10.5. The maximum atomic E-state index is 14.4. The number of halogens is 1. The normalized spacial score (nSPS) is 13.7. The van der Waals surface area contributed by atoms with Gasteiger partial charge in [0.25, 0.3) is 5.91 Å². The van der Waals surface area contributed by atoms with Crippen LogP contribution in [-0.4, -0.2) is 28.2 Å². The maximum Gasteiger partial charge on any atom is 0.266 e. The van der Waals surface area contributed by atoms with Gasteiger partial charge in [0.2, 0.25) is 0 Å². The quantitative estimate of drug-likeness (QED) is 0.453. The Hall–Kier alpha value is -3.10. The molecule has 2 aromatic carbocycles. The molecule has 2 aromatic heterocycles. The molecule has 0 unspecified atom stereocenters. The number of methoxy groups -OCH3 is 1. The van der Waals surface area contributed by atoms with Crippen molar-refractivity contribution < 1.29 is 13.9 Å². The Morgan fingerprint density at radius 3 is 2.93 bits per heavy atom. The molecule has 152 valence electrons. The molecule has 2 heterocycles. The Bertz CT molecular complexity index is 1250. The van der Waals surface area contributed by atoms with Crippen LogP contribution in [0.3, 0.4) is 0 Å². The number of H-pyrrole nitrogens is 1.